The first-order chi connectivity index (χ1) is 39.3. The summed E-state index contributed by atoms with van der Waals surface area (Å²) in [7, 11) is 0. The number of nitrogens with zero attached hydrogens (tertiary/aromatic N) is 2. The van der Waals surface area contributed by atoms with Crippen molar-refractivity contribution in [1.29, 1.82) is 0 Å². The van der Waals surface area contributed by atoms with E-state index in [-0.39, 0.29) is 0 Å². The highest BCUT2D eigenvalue weighted by Crippen LogP contribution is 2.52. The van der Waals surface area contributed by atoms with Gasteiger partial charge < -0.3 is 9.13 Å². The number of fused-ring (bicyclic) bond motifs is 13. The highest BCUT2D eigenvalue weighted by Gasteiger charge is 2.25. The zero-order valence-corrected chi connectivity index (χ0v) is 43.7. The second kappa shape index (κ2) is 17.2. The van der Waals surface area contributed by atoms with Gasteiger partial charge in [-0.25, -0.2) is 0 Å². The molecule has 0 fully saturated rings. The predicted molar refractivity (Wildman–Crippen MR) is 340 cm³/mol. The topological polar surface area (TPSA) is 9.86 Å². The summed E-state index contributed by atoms with van der Waals surface area (Å²) in [6.45, 7) is 0. The third-order valence-corrected chi connectivity index (χ3v) is 18.1. The zero-order chi connectivity index (χ0) is 51.7. The lowest BCUT2D eigenvalue weighted by Crippen LogP contribution is -1.96. The Morgan fingerprint density at radius 2 is 0.570 bits per heavy atom. The van der Waals surface area contributed by atoms with Crippen LogP contribution in [0.2, 0.25) is 0 Å². The summed E-state index contributed by atoms with van der Waals surface area (Å²) < 4.78 is 7.52. The number of hydrogen-bond acceptors (Lipinski definition) is 1. The van der Waals surface area contributed by atoms with Gasteiger partial charge >= 0.3 is 0 Å². The van der Waals surface area contributed by atoms with Crippen LogP contribution >= 0.6 is 11.3 Å². The highest BCUT2D eigenvalue weighted by molar-refractivity contribution is 7.26. The summed E-state index contributed by atoms with van der Waals surface area (Å²) in [6.07, 6.45) is 0. The predicted octanol–water partition coefficient (Wildman–Crippen LogP) is 21.5. The van der Waals surface area contributed by atoms with E-state index in [0.717, 1.165) is 11.4 Å². The van der Waals surface area contributed by atoms with E-state index in [9.17, 15) is 0 Å². The molecule has 79 heavy (non-hydrogen) atoms. The van der Waals surface area contributed by atoms with Gasteiger partial charge in [0.05, 0.1) is 22.1 Å². The van der Waals surface area contributed by atoms with Gasteiger partial charge in [0.25, 0.3) is 0 Å². The molecule has 3 heteroatoms. The lowest BCUT2D eigenvalue weighted by Gasteiger charge is -2.19. The van der Waals surface area contributed by atoms with Crippen molar-refractivity contribution >= 4 is 118 Å². The monoisotopic (exact) mass is 1020 g/mol. The zero-order valence-electron chi connectivity index (χ0n) is 42.9. The van der Waals surface area contributed by atoms with Crippen molar-refractivity contribution in [2.75, 3.05) is 0 Å². The molecule has 0 saturated carbocycles. The lowest BCUT2D eigenvalue weighted by molar-refractivity contribution is 1.18. The molecule has 0 N–H and O–H groups in total. The minimum atomic E-state index is 1.15. The van der Waals surface area contributed by atoms with Gasteiger partial charge in [0, 0.05) is 69.8 Å². The molecule has 0 aliphatic heterocycles. The van der Waals surface area contributed by atoms with Gasteiger partial charge in [0.2, 0.25) is 0 Å². The van der Waals surface area contributed by atoms with Crippen LogP contribution in [0.5, 0.6) is 0 Å². The fraction of sp³-hybridized carbons (Fsp3) is 0. The molecule has 0 amide bonds. The Hall–Kier alpha value is -10.1. The first kappa shape index (κ1) is 44.1. The molecule has 14 aromatic carbocycles. The molecule has 0 aliphatic carbocycles. The molecule has 17 rings (SSSR count). The lowest BCUT2D eigenvalue weighted by atomic mass is 9.85. The number of para-hydroxylation sites is 6. The van der Waals surface area contributed by atoms with Crippen molar-refractivity contribution in [1.82, 2.24) is 9.13 Å². The molecule has 3 heterocycles. The Kier molecular flexibility index (Phi) is 9.62. The minimum absolute atomic E-state index is 1.15. The van der Waals surface area contributed by atoms with Crippen LogP contribution < -0.4 is 0 Å². The SMILES string of the molecule is c1ccc(-n2c3ccccc3c3cccc(-c4c5ccccc5c(-c5ccc6c(c5)sc5c(-c7c8ccccc8c(-c8cccc9c%10ccccc%10n(-c%10ccccc%10)c89)c8ccccc78)cccc56)c5ccccc45)c32)cc1. The number of thiophene rings is 1. The third-order valence-electron chi connectivity index (χ3n) is 16.9. The van der Waals surface area contributed by atoms with Crippen LogP contribution in [0.3, 0.4) is 0 Å². The summed E-state index contributed by atoms with van der Waals surface area (Å²) in [5.74, 6) is 0. The average molecular weight is 1020 g/mol. The molecule has 0 spiro atoms. The van der Waals surface area contributed by atoms with Crippen LogP contribution in [0.15, 0.2) is 279 Å². The van der Waals surface area contributed by atoms with E-state index in [2.05, 4.69) is 288 Å². The van der Waals surface area contributed by atoms with E-state index in [1.807, 2.05) is 11.3 Å². The second-order valence-electron chi connectivity index (χ2n) is 21.0. The van der Waals surface area contributed by atoms with E-state index < -0.39 is 0 Å². The maximum atomic E-state index is 2.47. The van der Waals surface area contributed by atoms with Crippen molar-refractivity contribution in [3.8, 4) is 55.9 Å². The summed E-state index contributed by atoms with van der Waals surface area (Å²) in [5.41, 5.74) is 17.2. The molecule has 0 radical (unpaired) electrons. The summed E-state index contributed by atoms with van der Waals surface area (Å²) in [4.78, 5) is 0. The molecule has 17 aromatic rings. The largest absolute Gasteiger partial charge is 0.309 e. The average Bonchev–Trinajstić information content (AvgIpc) is 4.27. The van der Waals surface area contributed by atoms with Crippen molar-refractivity contribution in [3.63, 3.8) is 0 Å². The van der Waals surface area contributed by atoms with Gasteiger partial charge in [-0.05, 0) is 113 Å². The summed E-state index contributed by atoms with van der Waals surface area (Å²) >= 11 is 1.92. The summed E-state index contributed by atoms with van der Waals surface area (Å²) in [6, 6.07) is 104. The van der Waals surface area contributed by atoms with Crippen LogP contribution in [0.1, 0.15) is 0 Å². The Bertz CT molecular complexity index is 5250. The molecular formula is C76H46N2S. The van der Waals surface area contributed by atoms with Crippen molar-refractivity contribution in [2.45, 2.75) is 0 Å². The van der Waals surface area contributed by atoms with Crippen molar-refractivity contribution < 1.29 is 0 Å². The fourth-order valence-electron chi connectivity index (χ4n) is 13.7. The minimum Gasteiger partial charge on any atom is -0.309 e. The van der Waals surface area contributed by atoms with E-state index in [1.165, 1.54) is 151 Å². The van der Waals surface area contributed by atoms with Gasteiger partial charge in [-0.1, -0.05) is 237 Å². The molecule has 0 aliphatic rings. The Labute approximate surface area is 459 Å². The van der Waals surface area contributed by atoms with E-state index in [4.69, 9.17) is 0 Å². The normalized spacial score (nSPS) is 12.1. The Morgan fingerprint density at radius 1 is 0.228 bits per heavy atom. The molecule has 0 unspecified atom stereocenters. The highest BCUT2D eigenvalue weighted by atomic mass is 32.1. The molecular weight excluding hydrogens is 973 g/mol. The van der Waals surface area contributed by atoms with Crippen LogP contribution in [0, 0.1) is 0 Å². The van der Waals surface area contributed by atoms with E-state index in [1.54, 1.807) is 0 Å². The maximum absolute atomic E-state index is 2.47. The van der Waals surface area contributed by atoms with Gasteiger partial charge in [0.15, 0.2) is 0 Å². The Balaban J connectivity index is 0.881. The molecule has 0 atom stereocenters. The van der Waals surface area contributed by atoms with Gasteiger partial charge in [0.1, 0.15) is 0 Å². The molecule has 3 aromatic heterocycles. The van der Waals surface area contributed by atoms with Gasteiger partial charge in [-0.3, -0.25) is 0 Å². The number of hydrogen-bond donors (Lipinski definition) is 0. The molecule has 0 bridgehead atoms. The molecule has 366 valence electrons. The van der Waals surface area contributed by atoms with Crippen LogP contribution in [0.25, 0.3) is 163 Å². The fourth-order valence-corrected chi connectivity index (χ4v) is 15.0. The smallest absolute Gasteiger partial charge is 0.0619 e. The second-order valence-corrected chi connectivity index (χ2v) is 22.0. The number of aromatic nitrogens is 2. The van der Waals surface area contributed by atoms with E-state index >= 15 is 0 Å². The Morgan fingerprint density at radius 3 is 1.01 bits per heavy atom. The van der Waals surface area contributed by atoms with Gasteiger partial charge in [-0.2, -0.15) is 0 Å². The first-order valence-corrected chi connectivity index (χ1v) is 28.1. The van der Waals surface area contributed by atoms with Crippen molar-refractivity contribution in [2.24, 2.45) is 0 Å². The van der Waals surface area contributed by atoms with E-state index in [0.29, 0.717) is 0 Å². The van der Waals surface area contributed by atoms with Crippen LogP contribution in [-0.2, 0) is 0 Å². The number of rotatable bonds is 6. The third kappa shape index (κ3) is 6.39. The quantitative estimate of drug-likeness (QED) is 0.147. The van der Waals surface area contributed by atoms with Crippen molar-refractivity contribution in [3.05, 3.63) is 279 Å². The standard InChI is InChI=1S/C76H46N2S/c1-3-22-48(23-4-1)77-67-42-17-15-26-50(67)61-36-19-39-64(74(61)77)71-55-30-9-7-28-53(55)70(54-29-8-10-31-56(54)71)47-44-45-52-63-38-21-41-66(76(63)79-69(52)46-47)73-59-34-13-11-32-57(59)72(58-33-12-14-35-60(58)73)65-40-20-37-62-51-27-16-18-43-68(51)78(75(62)65)49-24-5-2-6-25-49/h1-46H. The first-order valence-electron chi connectivity index (χ1n) is 27.3. The van der Waals surface area contributed by atoms with Gasteiger partial charge in [-0.15, -0.1) is 11.3 Å². The van der Waals surface area contributed by atoms with Crippen LogP contribution in [-0.4, -0.2) is 9.13 Å². The maximum Gasteiger partial charge on any atom is 0.0619 e. The summed E-state index contributed by atoms with van der Waals surface area (Å²) in [5, 5.41) is 17.5. The molecule has 0 saturated heterocycles. The molecule has 2 nitrogen and oxygen atoms in total. The number of benzene rings is 14. The van der Waals surface area contributed by atoms with Crippen LogP contribution in [0.4, 0.5) is 0 Å².